The van der Waals surface area contributed by atoms with Gasteiger partial charge in [0.2, 0.25) is 0 Å². The molecule has 0 atom stereocenters. The van der Waals surface area contributed by atoms with Crippen molar-refractivity contribution in [1.29, 1.82) is 0 Å². The molecule has 92 valence electrons. The quantitative estimate of drug-likeness (QED) is 0.742. The van der Waals surface area contributed by atoms with Crippen LogP contribution in [0.1, 0.15) is 18.4 Å². The third-order valence-corrected chi connectivity index (χ3v) is 3.25. The number of nitrogens with one attached hydrogen (secondary N) is 1. The zero-order chi connectivity index (χ0) is 12.3. The Morgan fingerprint density at radius 1 is 1.47 bits per heavy atom. The second-order valence-corrected chi connectivity index (χ2v) is 4.64. The number of benzene rings is 1. The van der Waals surface area contributed by atoms with Gasteiger partial charge in [-0.05, 0) is 43.5 Å². The number of aliphatic carboxylic acids is 1. The van der Waals surface area contributed by atoms with Crippen LogP contribution >= 0.6 is 0 Å². The molecule has 4 heteroatoms. The second-order valence-electron chi connectivity index (χ2n) is 4.64. The molecule has 0 radical (unpaired) electrons. The summed E-state index contributed by atoms with van der Waals surface area (Å²) in [7, 11) is 0. The lowest BCUT2D eigenvalue weighted by molar-refractivity contribution is -0.143. The Bertz CT molecular complexity index is 416. The number of carbonyl (C=O) groups is 1. The molecular weight excluding hydrogens is 221 g/mol. The summed E-state index contributed by atoms with van der Waals surface area (Å²) in [6, 6.07) is 6.48. The predicted octanol–water partition coefficient (Wildman–Crippen LogP) is 1.82. The van der Waals surface area contributed by atoms with Gasteiger partial charge in [-0.2, -0.15) is 0 Å². The van der Waals surface area contributed by atoms with Gasteiger partial charge in [-0.1, -0.05) is 12.1 Å². The van der Waals surface area contributed by atoms with Crippen molar-refractivity contribution < 1.29 is 14.3 Å². The molecule has 2 rings (SSSR count). The fraction of sp³-hybridized carbons (Fsp3) is 0.462. The SMILES string of the molecule is O=C(O)C1(CNCCc2cccc(F)c2)CC1. The van der Waals surface area contributed by atoms with Crippen molar-refractivity contribution in [3.05, 3.63) is 35.6 Å². The Balaban J connectivity index is 1.72. The summed E-state index contributed by atoms with van der Waals surface area (Å²) in [6.07, 6.45) is 2.23. The molecule has 1 saturated carbocycles. The largest absolute Gasteiger partial charge is 0.481 e. The molecule has 0 saturated heterocycles. The summed E-state index contributed by atoms with van der Waals surface area (Å²) in [5, 5.41) is 12.1. The summed E-state index contributed by atoms with van der Waals surface area (Å²) in [5.41, 5.74) is 0.403. The molecule has 1 aliphatic rings. The standard InChI is InChI=1S/C13H16FNO2/c14-11-3-1-2-10(8-11)4-7-15-9-13(5-6-13)12(16)17/h1-3,8,15H,4-7,9H2,(H,16,17). The van der Waals surface area contributed by atoms with Gasteiger partial charge in [0.05, 0.1) is 5.41 Å². The van der Waals surface area contributed by atoms with Crippen LogP contribution < -0.4 is 5.32 Å². The third-order valence-electron chi connectivity index (χ3n) is 3.25. The maximum Gasteiger partial charge on any atom is 0.310 e. The number of carboxylic acids is 1. The molecule has 0 aliphatic heterocycles. The lowest BCUT2D eigenvalue weighted by Crippen LogP contribution is -2.31. The molecule has 0 amide bonds. The molecule has 3 nitrogen and oxygen atoms in total. The first-order valence-electron chi connectivity index (χ1n) is 5.81. The fourth-order valence-corrected chi connectivity index (χ4v) is 1.87. The van der Waals surface area contributed by atoms with Crippen LogP contribution in [0.2, 0.25) is 0 Å². The molecule has 0 heterocycles. The lowest BCUT2D eigenvalue weighted by Gasteiger charge is -2.10. The van der Waals surface area contributed by atoms with Gasteiger partial charge in [-0.15, -0.1) is 0 Å². The smallest absolute Gasteiger partial charge is 0.310 e. The van der Waals surface area contributed by atoms with Gasteiger partial charge in [0.1, 0.15) is 5.82 Å². The van der Waals surface area contributed by atoms with Crippen molar-refractivity contribution in [2.75, 3.05) is 13.1 Å². The van der Waals surface area contributed by atoms with Crippen LogP contribution in [0.25, 0.3) is 0 Å². The highest BCUT2D eigenvalue weighted by molar-refractivity contribution is 5.78. The van der Waals surface area contributed by atoms with E-state index in [9.17, 15) is 9.18 Å². The summed E-state index contributed by atoms with van der Waals surface area (Å²) in [4.78, 5) is 10.9. The van der Waals surface area contributed by atoms with Gasteiger partial charge in [0.25, 0.3) is 0 Å². The number of halogens is 1. The molecule has 0 aromatic heterocycles. The molecule has 1 aliphatic carbocycles. The van der Waals surface area contributed by atoms with E-state index in [2.05, 4.69) is 5.32 Å². The number of carboxylic acid groups (broad SMARTS) is 1. The highest BCUT2D eigenvalue weighted by Gasteiger charge is 2.49. The van der Waals surface area contributed by atoms with Crippen molar-refractivity contribution >= 4 is 5.97 Å². The average molecular weight is 237 g/mol. The van der Waals surface area contributed by atoms with Crippen LogP contribution in [-0.4, -0.2) is 24.2 Å². The minimum Gasteiger partial charge on any atom is -0.481 e. The zero-order valence-corrected chi connectivity index (χ0v) is 9.58. The highest BCUT2D eigenvalue weighted by atomic mass is 19.1. The maximum atomic E-state index is 12.9. The van der Waals surface area contributed by atoms with Crippen molar-refractivity contribution in [3.8, 4) is 0 Å². The van der Waals surface area contributed by atoms with E-state index in [1.807, 2.05) is 6.07 Å². The van der Waals surface area contributed by atoms with Crippen LogP contribution in [0.4, 0.5) is 4.39 Å². The molecule has 2 N–H and O–H groups in total. The van der Waals surface area contributed by atoms with Crippen LogP contribution in [0.3, 0.4) is 0 Å². The number of hydrogen-bond donors (Lipinski definition) is 2. The van der Waals surface area contributed by atoms with Crippen LogP contribution in [0, 0.1) is 11.2 Å². The Labute approximate surface area is 99.7 Å². The Hall–Kier alpha value is -1.42. The Morgan fingerprint density at radius 2 is 2.24 bits per heavy atom. The minimum absolute atomic E-state index is 0.230. The average Bonchev–Trinajstić information content (AvgIpc) is 3.06. The molecule has 1 fully saturated rings. The monoisotopic (exact) mass is 237 g/mol. The molecule has 0 spiro atoms. The lowest BCUT2D eigenvalue weighted by atomic mass is 10.1. The first-order chi connectivity index (χ1) is 8.12. The fourth-order valence-electron chi connectivity index (χ4n) is 1.87. The van der Waals surface area contributed by atoms with Gasteiger partial charge in [0.15, 0.2) is 0 Å². The maximum absolute atomic E-state index is 12.9. The Morgan fingerprint density at radius 3 is 2.82 bits per heavy atom. The van der Waals surface area contributed by atoms with Crippen molar-refractivity contribution in [2.45, 2.75) is 19.3 Å². The second kappa shape index (κ2) is 4.84. The number of hydrogen-bond acceptors (Lipinski definition) is 2. The van der Waals surface area contributed by atoms with Crippen LogP contribution in [0.15, 0.2) is 24.3 Å². The topological polar surface area (TPSA) is 49.3 Å². The van der Waals surface area contributed by atoms with E-state index < -0.39 is 11.4 Å². The summed E-state index contributed by atoms with van der Waals surface area (Å²) in [6.45, 7) is 1.19. The molecule has 1 aromatic carbocycles. The zero-order valence-electron chi connectivity index (χ0n) is 9.58. The van der Waals surface area contributed by atoms with Crippen LogP contribution in [-0.2, 0) is 11.2 Å². The van der Waals surface area contributed by atoms with E-state index in [1.165, 1.54) is 12.1 Å². The predicted molar refractivity (Wildman–Crippen MR) is 62.3 cm³/mol. The molecule has 0 bridgehead atoms. The van der Waals surface area contributed by atoms with Gasteiger partial charge < -0.3 is 10.4 Å². The van der Waals surface area contributed by atoms with Crippen molar-refractivity contribution in [2.24, 2.45) is 5.41 Å². The van der Waals surface area contributed by atoms with Crippen LogP contribution in [0.5, 0.6) is 0 Å². The summed E-state index contributed by atoms with van der Waals surface area (Å²) < 4.78 is 12.9. The molecular formula is C13H16FNO2. The first-order valence-corrected chi connectivity index (χ1v) is 5.81. The van der Waals surface area contributed by atoms with E-state index in [0.717, 1.165) is 18.4 Å². The van der Waals surface area contributed by atoms with Gasteiger partial charge in [-0.3, -0.25) is 4.79 Å². The van der Waals surface area contributed by atoms with Gasteiger partial charge >= 0.3 is 5.97 Å². The van der Waals surface area contributed by atoms with E-state index in [4.69, 9.17) is 5.11 Å². The molecule has 1 aromatic rings. The molecule has 0 unspecified atom stereocenters. The first kappa shape index (κ1) is 12.0. The normalized spacial score (nSPS) is 16.8. The van der Waals surface area contributed by atoms with E-state index in [-0.39, 0.29) is 5.82 Å². The van der Waals surface area contributed by atoms with E-state index in [1.54, 1.807) is 6.07 Å². The summed E-state index contributed by atoms with van der Waals surface area (Å²) >= 11 is 0. The minimum atomic E-state index is -0.712. The van der Waals surface area contributed by atoms with Gasteiger partial charge in [-0.25, -0.2) is 4.39 Å². The number of rotatable bonds is 6. The summed E-state index contributed by atoms with van der Waals surface area (Å²) in [5.74, 6) is -0.942. The van der Waals surface area contributed by atoms with Gasteiger partial charge in [0, 0.05) is 6.54 Å². The highest BCUT2D eigenvalue weighted by Crippen LogP contribution is 2.45. The van der Waals surface area contributed by atoms with Crippen molar-refractivity contribution in [3.63, 3.8) is 0 Å². The van der Waals surface area contributed by atoms with E-state index in [0.29, 0.717) is 19.5 Å². The van der Waals surface area contributed by atoms with Crippen molar-refractivity contribution in [1.82, 2.24) is 5.32 Å². The Kier molecular flexibility index (Phi) is 3.43. The third kappa shape index (κ3) is 3.03. The van der Waals surface area contributed by atoms with E-state index >= 15 is 0 Å². The molecule has 17 heavy (non-hydrogen) atoms.